The van der Waals surface area contributed by atoms with Crippen molar-refractivity contribution >= 4 is 35.3 Å². The van der Waals surface area contributed by atoms with Crippen molar-refractivity contribution in [2.75, 3.05) is 11.5 Å². The highest BCUT2D eigenvalue weighted by atomic mass is 19.4. The largest absolute Gasteiger partial charge is 0.506 e. The van der Waals surface area contributed by atoms with Gasteiger partial charge >= 0.3 is 36.0 Å². The van der Waals surface area contributed by atoms with Gasteiger partial charge in [-0.2, -0.15) is 22.0 Å². The summed E-state index contributed by atoms with van der Waals surface area (Å²) in [6.07, 6.45) is -6.87. The SMILES string of the molecule is Nc1ccc(-c2ccc(N)c(O)c2C(F)(c2ccc(C(=O)O)c(C(=O)O)c2-c2ccc(C(=O)O)c(C(=O)O)c2)C(F)(F)C(F)(F)F)cc1O. The molecule has 0 heterocycles. The number of aromatic carboxylic acids is 4. The average molecular weight is 694 g/mol. The van der Waals surface area contributed by atoms with Gasteiger partial charge in [-0.1, -0.05) is 24.3 Å². The monoisotopic (exact) mass is 694 g/mol. The fourth-order valence-electron chi connectivity index (χ4n) is 5.22. The van der Waals surface area contributed by atoms with Crippen LogP contribution in [0, 0.1) is 0 Å². The topological polar surface area (TPSA) is 242 Å². The zero-order valence-electron chi connectivity index (χ0n) is 24.0. The van der Waals surface area contributed by atoms with Crippen LogP contribution in [0.2, 0.25) is 0 Å². The normalized spacial score (nSPS) is 13.0. The number of aromatic hydroxyl groups is 2. The second-order valence-electron chi connectivity index (χ2n) is 10.3. The Morgan fingerprint density at radius 3 is 1.63 bits per heavy atom. The van der Waals surface area contributed by atoms with E-state index in [1.807, 2.05) is 0 Å². The molecular weight excluding hydrogens is 674 g/mol. The van der Waals surface area contributed by atoms with Gasteiger partial charge in [-0.3, -0.25) is 0 Å². The Kier molecular flexibility index (Phi) is 8.64. The number of carbonyl (C=O) groups is 4. The van der Waals surface area contributed by atoms with Gasteiger partial charge in [0.05, 0.1) is 39.2 Å². The van der Waals surface area contributed by atoms with Crippen molar-refractivity contribution in [3.05, 3.63) is 94.0 Å². The zero-order chi connectivity index (χ0) is 37.0. The molecule has 0 aliphatic heterocycles. The van der Waals surface area contributed by atoms with Crippen molar-refractivity contribution in [3.8, 4) is 33.8 Å². The van der Waals surface area contributed by atoms with Crippen LogP contribution in [-0.4, -0.2) is 66.6 Å². The van der Waals surface area contributed by atoms with Crippen LogP contribution < -0.4 is 11.5 Å². The molecule has 0 spiro atoms. The van der Waals surface area contributed by atoms with Crippen molar-refractivity contribution in [2.24, 2.45) is 0 Å². The Balaban J connectivity index is 2.37. The van der Waals surface area contributed by atoms with Crippen LogP contribution in [-0.2, 0) is 5.67 Å². The lowest BCUT2D eigenvalue weighted by Gasteiger charge is -2.38. The summed E-state index contributed by atoms with van der Waals surface area (Å²) in [5, 5.41) is 60.0. The van der Waals surface area contributed by atoms with Gasteiger partial charge in [0, 0.05) is 11.1 Å². The standard InChI is InChI=1S/C31H20F6N2O10/c32-29(30(33,34)31(35,36)37,23-13(5-8-19(39)24(23)41)11-2-7-18(38)20(40)10-11)17-6-4-15(26(44)45)22(28(48)49)21(17)12-1-3-14(25(42)43)16(9-12)27(46)47/h1-10,40-41H,38-39H2,(H,42,43)(H,44,45)(H,46,47)(H,48,49). The summed E-state index contributed by atoms with van der Waals surface area (Å²) < 4.78 is 93.1. The van der Waals surface area contributed by atoms with E-state index in [9.17, 15) is 63.0 Å². The van der Waals surface area contributed by atoms with Crippen LogP contribution in [0.25, 0.3) is 22.3 Å². The van der Waals surface area contributed by atoms with Crippen LogP contribution in [0.15, 0.2) is 60.7 Å². The predicted octanol–water partition coefficient (Wildman–Crippen LogP) is 5.80. The lowest BCUT2D eigenvalue weighted by atomic mass is 9.73. The number of carboxylic acid groups (broad SMARTS) is 4. The molecule has 0 aromatic heterocycles. The van der Waals surface area contributed by atoms with Gasteiger partial charge in [0.2, 0.25) is 5.67 Å². The molecule has 256 valence electrons. The van der Waals surface area contributed by atoms with Gasteiger partial charge in [-0.05, 0) is 53.1 Å². The number of hydrogen-bond acceptors (Lipinski definition) is 8. The van der Waals surface area contributed by atoms with E-state index < -0.39 is 114 Å². The minimum Gasteiger partial charge on any atom is -0.506 e. The lowest BCUT2D eigenvalue weighted by Crippen LogP contribution is -2.53. The molecular formula is C31H20F6N2O10. The van der Waals surface area contributed by atoms with Crippen LogP contribution in [0.5, 0.6) is 11.5 Å². The summed E-state index contributed by atoms with van der Waals surface area (Å²) in [5.41, 5.74) is -8.72. The fraction of sp³-hybridized carbons (Fsp3) is 0.0968. The minimum atomic E-state index is -6.87. The lowest BCUT2D eigenvalue weighted by molar-refractivity contribution is -0.323. The number of benzene rings is 4. The number of anilines is 2. The van der Waals surface area contributed by atoms with Gasteiger partial charge < -0.3 is 42.1 Å². The first-order valence-corrected chi connectivity index (χ1v) is 13.2. The second-order valence-corrected chi connectivity index (χ2v) is 10.3. The van der Waals surface area contributed by atoms with Gasteiger partial charge in [-0.15, -0.1) is 0 Å². The van der Waals surface area contributed by atoms with Crippen LogP contribution in [0.1, 0.15) is 52.6 Å². The molecule has 10 N–H and O–H groups in total. The maximum absolute atomic E-state index is 18.0. The first kappa shape index (κ1) is 35.4. The molecule has 0 saturated heterocycles. The molecule has 0 aliphatic carbocycles. The molecule has 4 aromatic rings. The quantitative estimate of drug-likeness (QED) is 0.0589. The number of carboxylic acids is 4. The Morgan fingerprint density at radius 1 is 0.592 bits per heavy atom. The van der Waals surface area contributed by atoms with Gasteiger partial charge in [0.15, 0.2) is 0 Å². The molecule has 0 bridgehead atoms. The molecule has 1 atom stereocenters. The minimum absolute atomic E-state index is 0.0588. The number of phenolic OH excluding ortho intramolecular Hbond substituents is 2. The highest BCUT2D eigenvalue weighted by molar-refractivity contribution is 6.09. The van der Waals surface area contributed by atoms with Crippen molar-refractivity contribution in [2.45, 2.75) is 17.8 Å². The summed E-state index contributed by atoms with van der Waals surface area (Å²) in [5.74, 6) is -17.5. The van der Waals surface area contributed by atoms with E-state index in [0.29, 0.717) is 30.3 Å². The molecule has 0 amide bonds. The summed E-state index contributed by atoms with van der Waals surface area (Å²) in [6.45, 7) is 0. The first-order chi connectivity index (χ1) is 22.6. The Morgan fingerprint density at radius 2 is 1.12 bits per heavy atom. The van der Waals surface area contributed by atoms with E-state index in [4.69, 9.17) is 11.5 Å². The number of nitrogen functional groups attached to an aromatic ring is 2. The molecule has 4 aromatic carbocycles. The van der Waals surface area contributed by atoms with Gasteiger partial charge in [-0.25, -0.2) is 23.6 Å². The van der Waals surface area contributed by atoms with Crippen LogP contribution in [0.4, 0.5) is 37.7 Å². The van der Waals surface area contributed by atoms with E-state index in [1.54, 1.807) is 0 Å². The molecule has 0 aliphatic rings. The fourth-order valence-corrected chi connectivity index (χ4v) is 5.22. The third-order valence-electron chi connectivity index (χ3n) is 7.47. The van der Waals surface area contributed by atoms with Gasteiger partial charge in [0.1, 0.15) is 11.5 Å². The molecule has 0 saturated carbocycles. The van der Waals surface area contributed by atoms with Crippen LogP contribution in [0.3, 0.4) is 0 Å². The highest BCUT2D eigenvalue weighted by Crippen LogP contribution is 2.60. The third kappa shape index (κ3) is 5.62. The Labute approximate surface area is 268 Å². The second kappa shape index (κ2) is 12.0. The Bertz CT molecular complexity index is 2080. The highest BCUT2D eigenvalue weighted by Gasteiger charge is 2.74. The number of rotatable bonds is 9. The van der Waals surface area contributed by atoms with Crippen molar-refractivity contribution in [1.82, 2.24) is 0 Å². The average Bonchev–Trinajstić information content (AvgIpc) is 3.01. The molecule has 12 nitrogen and oxygen atoms in total. The first-order valence-electron chi connectivity index (χ1n) is 13.2. The van der Waals surface area contributed by atoms with Crippen molar-refractivity contribution < 1.29 is 76.2 Å². The summed E-state index contributed by atoms with van der Waals surface area (Å²) in [6, 6.07) is 5.58. The summed E-state index contributed by atoms with van der Waals surface area (Å²) in [4.78, 5) is 48.2. The van der Waals surface area contributed by atoms with E-state index >= 15 is 13.2 Å². The third-order valence-corrected chi connectivity index (χ3v) is 7.47. The number of phenols is 2. The zero-order valence-corrected chi connectivity index (χ0v) is 24.0. The maximum atomic E-state index is 18.0. The van der Waals surface area contributed by atoms with E-state index in [0.717, 1.165) is 18.2 Å². The van der Waals surface area contributed by atoms with Crippen molar-refractivity contribution in [1.29, 1.82) is 0 Å². The maximum Gasteiger partial charge on any atom is 0.457 e. The molecule has 0 fully saturated rings. The number of alkyl halides is 6. The number of nitrogens with two attached hydrogens (primary N) is 2. The Hall–Kier alpha value is -6.46. The summed E-state index contributed by atoms with van der Waals surface area (Å²) in [7, 11) is 0. The molecule has 1 unspecified atom stereocenters. The number of halogens is 6. The van der Waals surface area contributed by atoms with Crippen LogP contribution >= 0.6 is 0 Å². The molecule has 4 rings (SSSR count). The van der Waals surface area contributed by atoms with Crippen molar-refractivity contribution in [3.63, 3.8) is 0 Å². The van der Waals surface area contributed by atoms with E-state index in [1.165, 1.54) is 0 Å². The predicted molar refractivity (Wildman–Crippen MR) is 157 cm³/mol. The summed E-state index contributed by atoms with van der Waals surface area (Å²) >= 11 is 0. The molecule has 18 heteroatoms. The van der Waals surface area contributed by atoms with E-state index in [2.05, 4.69) is 0 Å². The number of hydrogen-bond donors (Lipinski definition) is 8. The van der Waals surface area contributed by atoms with E-state index in [-0.39, 0.29) is 17.8 Å². The smallest absolute Gasteiger partial charge is 0.457 e. The molecule has 49 heavy (non-hydrogen) atoms. The molecule has 0 radical (unpaired) electrons. The van der Waals surface area contributed by atoms with Gasteiger partial charge in [0.25, 0.3) is 0 Å².